The normalized spacial score (nSPS) is 16.2. The van der Waals surface area contributed by atoms with Crippen LogP contribution in [0.15, 0.2) is 139 Å². The Kier molecular flexibility index (Phi) is 10.9. The number of furan rings is 1. The number of hydrogen-bond donors (Lipinski definition) is 0. The van der Waals surface area contributed by atoms with E-state index in [2.05, 4.69) is 210 Å². The first kappa shape index (κ1) is 45.1. The first-order valence-electron chi connectivity index (χ1n) is 25.4. The highest BCUT2D eigenvalue weighted by Gasteiger charge is 2.46. The molecule has 5 aromatic carbocycles. The molecule has 0 N–H and O–H groups in total. The van der Waals surface area contributed by atoms with Crippen LogP contribution >= 0.6 is 0 Å². The largest absolute Gasteiger partial charge is 0.455 e. The summed E-state index contributed by atoms with van der Waals surface area (Å²) in [6.07, 6.45) is 10.3. The maximum Gasteiger partial charge on any atom is 0.304 e. The second-order valence-electron chi connectivity index (χ2n) is 23.2. The monoisotopic (exact) mass is 925 g/mol. The van der Waals surface area contributed by atoms with Crippen molar-refractivity contribution in [3.63, 3.8) is 0 Å². The van der Waals surface area contributed by atoms with Gasteiger partial charge in [0, 0.05) is 56.9 Å². The standard InChI is InChI=1S/C63H68N4OSi/c1-38(2)51-32-44(42-18-14-13-15-19-42)33-52(39(3)4)60(51)67-56-36-64-29-28-53(56)66-41(6)31-54-48(26-23-43-24-27-50-49-25-22-40(5)30-57(49)68-61(50)59(43)62(66)67)46-20-16-17-21-47(46)55-34-45(35-63(7,8)9)58(37-65(54)55)69(10,11)12/h13-22,24-25,27-30,32-34,36-39,48,54H,6,23,26,31,35H2,1-5,7-12H3/q+2. The molecule has 9 aromatic rings. The van der Waals surface area contributed by atoms with Crippen molar-refractivity contribution in [3.8, 4) is 39.5 Å². The average Bonchev–Trinajstić information content (AvgIpc) is 3.85. The van der Waals surface area contributed by atoms with Crippen LogP contribution in [0.3, 0.4) is 0 Å². The molecule has 0 aliphatic carbocycles. The molecule has 0 saturated heterocycles. The third kappa shape index (κ3) is 7.61. The summed E-state index contributed by atoms with van der Waals surface area (Å²) in [5.74, 6) is 1.78. The van der Waals surface area contributed by atoms with Crippen molar-refractivity contribution in [2.24, 2.45) is 5.41 Å². The smallest absolute Gasteiger partial charge is 0.304 e. The molecule has 2 atom stereocenters. The molecule has 0 amide bonds. The molecule has 0 bridgehead atoms. The Bertz CT molecular complexity index is 3490. The van der Waals surface area contributed by atoms with E-state index in [0.717, 1.165) is 75.7 Å². The van der Waals surface area contributed by atoms with Crippen LogP contribution in [0.4, 0.5) is 0 Å². The highest BCUT2D eigenvalue weighted by Crippen LogP contribution is 2.48. The zero-order chi connectivity index (χ0) is 48.3. The Morgan fingerprint density at radius 3 is 2.25 bits per heavy atom. The summed E-state index contributed by atoms with van der Waals surface area (Å²) in [6.45, 7) is 31.5. The minimum atomic E-state index is -1.79. The predicted molar refractivity (Wildman–Crippen MR) is 291 cm³/mol. The lowest BCUT2D eigenvalue weighted by atomic mass is 9.77. The first-order chi connectivity index (χ1) is 33.0. The fourth-order valence-corrected chi connectivity index (χ4v) is 13.7. The molecule has 2 unspecified atom stereocenters. The van der Waals surface area contributed by atoms with Crippen molar-refractivity contribution in [1.82, 2.24) is 9.55 Å². The number of allylic oxidation sites excluding steroid dienone is 1. The van der Waals surface area contributed by atoms with Gasteiger partial charge in [0.2, 0.25) is 5.69 Å². The summed E-state index contributed by atoms with van der Waals surface area (Å²) in [7, 11) is -1.79. The first-order valence-corrected chi connectivity index (χ1v) is 28.9. The number of hydrogen-bond acceptors (Lipinski definition) is 2. The van der Waals surface area contributed by atoms with Gasteiger partial charge in [0.05, 0.1) is 20.7 Å². The molecular weight excluding hydrogens is 857 g/mol. The molecule has 2 aliphatic rings. The number of aromatic nitrogens is 4. The van der Waals surface area contributed by atoms with Crippen LogP contribution in [0, 0.1) is 12.3 Å². The zero-order valence-corrected chi connectivity index (χ0v) is 43.7. The van der Waals surface area contributed by atoms with Gasteiger partial charge >= 0.3 is 5.82 Å². The molecule has 6 heteroatoms. The molecule has 0 spiro atoms. The van der Waals surface area contributed by atoms with Gasteiger partial charge in [0.1, 0.15) is 22.5 Å². The van der Waals surface area contributed by atoms with Gasteiger partial charge in [-0.05, 0) is 101 Å². The average molecular weight is 925 g/mol. The van der Waals surface area contributed by atoms with Gasteiger partial charge in [-0.25, -0.2) is 0 Å². The third-order valence-corrected chi connectivity index (χ3v) is 17.3. The Morgan fingerprint density at radius 2 is 1.54 bits per heavy atom. The molecule has 0 fully saturated rings. The Balaban J connectivity index is 1.25. The summed E-state index contributed by atoms with van der Waals surface area (Å²) in [5.41, 5.74) is 20.8. The van der Waals surface area contributed by atoms with E-state index in [0.29, 0.717) is 0 Å². The topological polar surface area (TPSA) is 38.7 Å². The maximum atomic E-state index is 7.24. The minimum Gasteiger partial charge on any atom is -0.455 e. The lowest BCUT2D eigenvalue weighted by molar-refractivity contribution is -0.719. The molecule has 0 saturated carbocycles. The van der Waals surface area contributed by atoms with Gasteiger partial charge in [0.15, 0.2) is 28.9 Å². The highest BCUT2D eigenvalue weighted by molar-refractivity contribution is 6.89. The van der Waals surface area contributed by atoms with Crippen LogP contribution < -0.4 is 14.3 Å². The number of aryl methyl sites for hydroxylation is 2. The van der Waals surface area contributed by atoms with Crippen LogP contribution in [-0.2, 0) is 12.8 Å². The number of nitrogens with zero attached hydrogens (tertiary/aromatic N) is 4. The molecule has 2 aliphatic heterocycles. The summed E-state index contributed by atoms with van der Waals surface area (Å²) >= 11 is 0. The number of imidazole rings is 1. The molecule has 4 aromatic heterocycles. The van der Waals surface area contributed by atoms with Crippen LogP contribution in [0.2, 0.25) is 19.6 Å². The summed E-state index contributed by atoms with van der Waals surface area (Å²) in [4.78, 5) is 4.93. The number of rotatable bonds is 6. The number of fused-ring (bicyclic) bond motifs is 15. The SMILES string of the molecule is C=C1CC2C(CCc3ccc4c(oc5cc(C)ccc54)c3-c3n(-c4c(C(C)C)cc(-c5ccccc5)cc4C(C)C)c4cnccc4[n+]31)c1ccccc1-c1cc(CC(C)(C)C)c([Si](C)(C)C)c[n+]12. The summed E-state index contributed by atoms with van der Waals surface area (Å²) in [6, 6.07) is 41.4. The van der Waals surface area contributed by atoms with Crippen LogP contribution in [0.5, 0.6) is 0 Å². The van der Waals surface area contributed by atoms with Gasteiger partial charge in [-0.15, -0.1) is 0 Å². The van der Waals surface area contributed by atoms with Crippen molar-refractivity contribution in [2.75, 3.05) is 0 Å². The zero-order valence-electron chi connectivity index (χ0n) is 42.7. The van der Waals surface area contributed by atoms with Gasteiger partial charge in [-0.2, -0.15) is 13.7 Å². The number of benzene rings is 5. The van der Waals surface area contributed by atoms with Gasteiger partial charge < -0.3 is 4.42 Å². The lowest BCUT2D eigenvalue weighted by Crippen LogP contribution is -2.54. The maximum absolute atomic E-state index is 7.24. The van der Waals surface area contributed by atoms with E-state index in [9.17, 15) is 0 Å². The summed E-state index contributed by atoms with van der Waals surface area (Å²) < 4.78 is 15.0. The van der Waals surface area contributed by atoms with E-state index in [1.807, 2.05) is 6.20 Å². The Morgan fingerprint density at radius 1 is 0.826 bits per heavy atom. The fraction of sp³-hybridized carbons (Fsp3) is 0.317. The van der Waals surface area contributed by atoms with Crippen LogP contribution in [0.1, 0.15) is 118 Å². The van der Waals surface area contributed by atoms with Crippen molar-refractivity contribution < 1.29 is 13.6 Å². The molecule has 69 heavy (non-hydrogen) atoms. The number of pyridine rings is 2. The molecule has 348 valence electrons. The van der Waals surface area contributed by atoms with Crippen LogP contribution in [-0.4, -0.2) is 17.6 Å². The predicted octanol–water partition coefficient (Wildman–Crippen LogP) is 15.3. The van der Waals surface area contributed by atoms with Crippen molar-refractivity contribution >= 4 is 51.9 Å². The Hall–Kier alpha value is -6.37. The molecular formula is C63H68N4OSi+2. The lowest BCUT2D eigenvalue weighted by Gasteiger charge is -2.34. The fourth-order valence-electron chi connectivity index (χ4n) is 12.1. The van der Waals surface area contributed by atoms with Crippen molar-refractivity contribution in [1.29, 1.82) is 0 Å². The minimum absolute atomic E-state index is 0.142. The Labute approximate surface area is 410 Å². The van der Waals surface area contributed by atoms with E-state index in [4.69, 9.17) is 16.0 Å². The molecule has 0 radical (unpaired) electrons. The second kappa shape index (κ2) is 16.7. The second-order valence-corrected chi connectivity index (χ2v) is 28.2. The van der Waals surface area contributed by atoms with Crippen LogP contribution in [0.25, 0.3) is 78.1 Å². The third-order valence-electron chi connectivity index (χ3n) is 15.2. The van der Waals surface area contributed by atoms with Crippen molar-refractivity contribution in [2.45, 2.75) is 125 Å². The quantitative estimate of drug-likeness (QED) is 0.123. The van der Waals surface area contributed by atoms with E-state index in [-0.39, 0.29) is 29.2 Å². The summed E-state index contributed by atoms with van der Waals surface area (Å²) in [5, 5.41) is 3.84. The molecule has 11 rings (SSSR count). The van der Waals surface area contributed by atoms with Gasteiger partial charge in [-0.1, -0.05) is 147 Å². The van der Waals surface area contributed by atoms with E-state index in [1.54, 1.807) is 5.19 Å². The van der Waals surface area contributed by atoms with E-state index in [1.165, 1.54) is 61.5 Å². The highest BCUT2D eigenvalue weighted by atomic mass is 28.3. The molecule has 5 nitrogen and oxygen atoms in total. The van der Waals surface area contributed by atoms with E-state index < -0.39 is 8.07 Å². The molecule has 6 heterocycles. The van der Waals surface area contributed by atoms with Gasteiger partial charge in [-0.3, -0.25) is 4.98 Å². The van der Waals surface area contributed by atoms with E-state index >= 15 is 0 Å². The van der Waals surface area contributed by atoms with Crippen molar-refractivity contribution in [3.05, 3.63) is 168 Å². The van der Waals surface area contributed by atoms with Gasteiger partial charge in [0.25, 0.3) is 0 Å².